The highest BCUT2D eigenvalue weighted by Gasteiger charge is 2.16. The Morgan fingerprint density at radius 2 is 2.19 bits per heavy atom. The number of hydrogen-bond acceptors (Lipinski definition) is 6. The number of carbonyl (C=O) groups excluding carboxylic acids is 2. The largest absolute Gasteiger partial charge is 0.365 e. The van der Waals surface area contributed by atoms with Gasteiger partial charge in [0.1, 0.15) is 15.7 Å². The lowest BCUT2D eigenvalue weighted by molar-refractivity contribution is -0.118. The summed E-state index contributed by atoms with van der Waals surface area (Å²) in [7, 11) is 4.02. The van der Waals surface area contributed by atoms with Crippen LogP contribution in [0.4, 0.5) is 0 Å². The Balaban J connectivity index is 2.72. The van der Waals surface area contributed by atoms with Gasteiger partial charge in [-0.3, -0.25) is 14.6 Å². The summed E-state index contributed by atoms with van der Waals surface area (Å²) in [6, 6.07) is -0.341. The zero-order chi connectivity index (χ0) is 20.4. The van der Waals surface area contributed by atoms with E-state index in [0.29, 0.717) is 27.8 Å². The summed E-state index contributed by atoms with van der Waals surface area (Å²) in [5.41, 5.74) is 5.73. The van der Waals surface area contributed by atoms with E-state index >= 15 is 0 Å². The highest BCUT2D eigenvalue weighted by molar-refractivity contribution is 7.13. The Bertz CT molecular complexity index is 723. The van der Waals surface area contributed by atoms with Crippen molar-refractivity contribution < 1.29 is 9.59 Å². The van der Waals surface area contributed by atoms with Gasteiger partial charge < -0.3 is 21.3 Å². The van der Waals surface area contributed by atoms with Crippen molar-refractivity contribution in [3.8, 4) is 0 Å². The molecular formula is C18H28N6O2S. The summed E-state index contributed by atoms with van der Waals surface area (Å²) < 4.78 is 0. The molecule has 0 spiro atoms. The van der Waals surface area contributed by atoms with E-state index in [4.69, 9.17) is 5.73 Å². The first kappa shape index (κ1) is 22.5. The van der Waals surface area contributed by atoms with Crippen molar-refractivity contribution in [2.75, 3.05) is 27.2 Å². The number of nitrogens with zero attached hydrogens (tertiary/aromatic N) is 3. The number of nitrogens with two attached hydrogens (primary N) is 1. The number of nitrogens with one attached hydrogen (secondary N) is 2. The number of rotatable bonds is 10. The Morgan fingerprint density at radius 1 is 1.48 bits per heavy atom. The van der Waals surface area contributed by atoms with Gasteiger partial charge in [0.25, 0.3) is 5.91 Å². The van der Waals surface area contributed by atoms with Gasteiger partial charge in [-0.2, -0.15) is 0 Å². The molecule has 0 aliphatic carbocycles. The number of amidine groups is 1. The van der Waals surface area contributed by atoms with Crippen LogP contribution in [-0.4, -0.2) is 54.7 Å². The number of primary amides is 1. The van der Waals surface area contributed by atoms with Gasteiger partial charge in [0.15, 0.2) is 0 Å². The predicted molar refractivity (Wildman–Crippen MR) is 110 cm³/mol. The van der Waals surface area contributed by atoms with Gasteiger partial charge in [-0.25, -0.2) is 4.98 Å². The third-order valence-electron chi connectivity index (χ3n) is 3.49. The molecule has 1 aromatic rings. The molecule has 0 aromatic carbocycles. The highest BCUT2D eigenvalue weighted by atomic mass is 32.1. The minimum Gasteiger partial charge on any atom is -0.365 e. The molecule has 0 fully saturated rings. The molecule has 0 bridgehead atoms. The average Bonchev–Trinajstić information content (AvgIpc) is 3.09. The SMILES string of the molecule is C=CNC(/C=C(\C)C(=O)NC(C)c1ncc(C(N)=O)s1)=NCCCN(C)C. The maximum absolute atomic E-state index is 12.4. The lowest BCUT2D eigenvalue weighted by atomic mass is 10.2. The molecule has 27 heavy (non-hydrogen) atoms. The molecule has 1 unspecified atom stereocenters. The van der Waals surface area contributed by atoms with Gasteiger partial charge >= 0.3 is 0 Å². The molecule has 0 saturated carbocycles. The van der Waals surface area contributed by atoms with Crippen molar-refractivity contribution in [3.05, 3.63) is 40.5 Å². The van der Waals surface area contributed by atoms with Crippen LogP contribution in [0.5, 0.6) is 0 Å². The van der Waals surface area contributed by atoms with Crippen LogP contribution in [0.1, 0.15) is 41.0 Å². The zero-order valence-corrected chi connectivity index (χ0v) is 17.1. The monoisotopic (exact) mass is 392 g/mol. The Kier molecular flexibility index (Phi) is 9.38. The maximum Gasteiger partial charge on any atom is 0.260 e. The molecule has 0 saturated heterocycles. The van der Waals surface area contributed by atoms with Crippen LogP contribution in [0.2, 0.25) is 0 Å². The molecule has 1 rings (SSSR count). The number of thiazole rings is 1. The smallest absolute Gasteiger partial charge is 0.260 e. The summed E-state index contributed by atoms with van der Waals surface area (Å²) >= 11 is 1.17. The lowest BCUT2D eigenvalue weighted by Gasteiger charge is -2.12. The van der Waals surface area contributed by atoms with E-state index in [1.165, 1.54) is 23.7 Å². The fraction of sp³-hybridized carbons (Fsp3) is 0.444. The van der Waals surface area contributed by atoms with Crippen LogP contribution in [-0.2, 0) is 4.79 Å². The normalized spacial score (nSPS) is 13.4. The van der Waals surface area contributed by atoms with E-state index in [0.717, 1.165) is 13.0 Å². The Labute approximate surface area is 164 Å². The standard InChI is InChI=1S/C18H28N6O2S/c1-6-20-15(21-8-7-9-24(4)5)10-12(2)17(26)23-13(3)18-22-11-14(27-18)16(19)25/h6,10-11,13H,1,7-9H2,2-5H3,(H2,19,25)(H,20,21)(H,23,26)/b12-10+. The van der Waals surface area contributed by atoms with Crippen LogP contribution < -0.4 is 16.4 Å². The fourth-order valence-electron chi connectivity index (χ4n) is 2.07. The maximum atomic E-state index is 12.4. The average molecular weight is 393 g/mol. The molecule has 1 heterocycles. The Morgan fingerprint density at radius 3 is 2.74 bits per heavy atom. The summed E-state index contributed by atoms with van der Waals surface area (Å²) in [6.45, 7) is 8.73. The van der Waals surface area contributed by atoms with Crippen LogP contribution in [0, 0.1) is 0 Å². The van der Waals surface area contributed by atoms with Crippen LogP contribution >= 0.6 is 11.3 Å². The molecule has 0 radical (unpaired) electrons. The molecule has 8 nitrogen and oxygen atoms in total. The fourth-order valence-corrected chi connectivity index (χ4v) is 2.84. The van der Waals surface area contributed by atoms with Crippen molar-refractivity contribution in [1.29, 1.82) is 0 Å². The second kappa shape index (κ2) is 11.2. The van der Waals surface area contributed by atoms with Crippen LogP contribution in [0.25, 0.3) is 0 Å². The van der Waals surface area contributed by atoms with Crippen molar-refractivity contribution in [2.45, 2.75) is 26.3 Å². The molecule has 1 aromatic heterocycles. The highest BCUT2D eigenvalue weighted by Crippen LogP contribution is 2.19. The first-order valence-electron chi connectivity index (χ1n) is 8.56. The third kappa shape index (κ3) is 8.14. The van der Waals surface area contributed by atoms with Gasteiger partial charge in [0.05, 0.1) is 12.2 Å². The molecular weight excluding hydrogens is 364 g/mol. The van der Waals surface area contributed by atoms with Crippen LogP contribution in [0.15, 0.2) is 35.6 Å². The number of aromatic nitrogens is 1. The van der Waals surface area contributed by atoms with Gasteiger partial charge in [0, 0.05) is 12.1 Å². The van der Waals surface area contributed by atoms with E-state index < -0.39 is 5.91 Å². The van der Waals surface area contributed by atoms with Gasteiger partial charge in [-0.1, -0.05) is 6.58 Å². The summed E-state index contributed by atoms with van der Waals surface area (Å²) in [5, 5.41) is 6.41. The predicted octanol–water partition coefficient (Wildman–Crippen LogP) is 1.45. The number of amides is 2. The zero-order valence-electron chi connectivity index (χ0n) is 16.3. The van der Waals surface area contributed by atoms with Gasteiger partial charge in [0.2, 0.25) is 5.91 Å². The molecule has 2 amide bonds. The summed E-state index contributed by atoms with van der Waals surface area (Å²) in [4.78, 5) is 34.6. The van der Waals surface area contributed by atoms with E-state index in [1.807, 2.05) is 14.1 Å². The van der Waals surface area contributed by atoms with Gasteiger partial charge in [-0.05, 0) is 53.2 Å². The van der Waals surface area contributed by atoms with Crippen molar-refractivity contribution in [3.63, 3.8) is 0 Å². The van der Waals surface area contributed by atoms with Crippen molar-refractivity contribution in [1.82, 2.24) is 20.5 Å². The van der Waals surface area contributed by atoms with Crippen molar-refractivity contribution >= 4 is 29.0 Å². The molecule has 9 heteroatoms. The quantitative estimate of drug-likeness (QED) is 0.241. The first-order valence-corrected chi connectivity index (χ1v) is 9.37. The molecule has 0 aliphatic heterocycles. The third-order valence-corrected chi connectivity index (χ3v) is 4.69. The summed E-state index contributed by atoms with van der Waals surface area (Å²) in [5.74, 6) is -0.196. The van der Waals surface area contributed by atoms with Crippen LogP contribution in [0.3, 0.4) is 0 Å². The van der Waals surface area contributed by atoms with E-state index in [2.05, 4.69) is 32.1 Å². The number of aliphatic imine (C=N–C) groups is 1. The molecule has 148 valence electrons. The second-order valence-electron chi connectivity index (χ2n) is 6.22. The molecule has 1 atom stereocenters. The van der Waals surface area contributed by atoms with E-state index in [-0.39, 0.29) is 11.9 Å². The minimum atomic E-state index is -0.529. The number of hydrogen-bond donors (Lipinski definition) is 3. The Hall–Kier alpha value is -2.52. The van der Waals surface area contributed by atoms with Gasteiger partial charge in [-0.15, -0.1) is 11.3 Å². The lowest BCUT2D eigenvalue weighted by Crippen LogP contribution is -2.28. The summed E-state index contributed by atoms with van der Waals surface area (Å²) in [6.07, 6.45) is 5.53. The molecule has 4 N–H and O–H groups in total. The van der Waals surface area contributed by atoms with E-state index in [1.54, 1.807) is 19.9 Å². The molecule has 0 aliphatic rings. The van der Waals surface area contributed by atoms with E-state index in [9.17, 15) is 9.59 Å². The van der Waals surface area contributed by atoms with Crippen molar-refractivity contribution in [2.24, 2.45) is 10.7 Å². The first-order chi connectivity index (χ1) is 12.7. The topological polar surface area (TPSA) is 113 Å². The number of carbonyl (C=O) groups is 2. The second-order valence-corrected chi connectivity index (χ2v) is 7.28. The minimum absolute atomic E-state index is 0.245.